The zero-order chi connectivity index (χ0) is 33.1. The Morgan fingerprint density at radius 1 is 0.891 bits per heavy atom. The minimum Gasteiger partial charge on any atom is -0.497 e. The maximum Gasteiger partial charge on any atom is 0.264 e. The van der Waals surface area contributed by atoms with Crippen molar-refractivity contribution in [2.45, 2.75) is 50.6 Å². The van der Waals surface area contributed by atoms with E-state index in [0.29, 0.717) is 12.3 Å². The van der Waals surface area contributed by atoms with Crippen LogP contribution < -0.4 is 14.4 Å². The van der Waals surface area contributed by atoms with Crippen LogP contribution in [-0.2, 0) is 32.6 Å². The largest absolute Gasteiger partial charge is 0.497 e. The lowest BCUT2D eigenvalue weighted by molar-refractivity contribution is -0.140. The number of halogens is 1. The Morgan fingerprint density at radius 2 is 1.57 bits per heavy atom. The second-order valence-corrected chi connectivity index (χ2v) is 12.9. The molecule has 4 aromatic carbocycles. The number of nitrogens with zero attached hydrogens (tertiary/aromatic N) is 2. The Balaban J connectivity index is 1.78. The zero-order valence-electron chi connectivity index (χ0n) is 26.4. The van der Waals surface area contributed by atoms with Gasteiger partial charge < -0.3 is 15.0 Å². The molecular weight excluding hydrogens is 605 g/mol. The summed E-state index contributed by atoms with van der Waals surface area (Å²) in [5.74, 6) is -1.01. The van der Waals surface area contributed by atoms with Crippen molar-refractivity contribution >= 4 is 27.5 Å². The van der Waals surface area contributed by atoms with Crippen LogP contribution in [0.25, 0.3) is 0 Å². The van der Waals surface area contributed by atoms with Gasteiger partial charge in [0.25, 0.3) is 10.0 Å². The number of hydrogen-bond donors (Lipinski definition) is 1. The van der Waals surface area contributed by atoms with E-state index in [-0.39, 0.29) is 29.5 Å². The Morgan fingerprint density at radius 3 is 2.20 bits per heavy atom. The Kier molecular flexibility index (Phi) is 11.9. The number of anilines is 1. The van der Waals surface area contributed by atoms with Gasteiger partial charge in [-0.3, -0.25) is 13.9 Å². The fourth-order valence-electron chi connectivity index (χ4n) is 5.08. The van der Waals surface area contributed by atoms with Crippen LogP contribution in [0.2, 0.25) is 0 Å². The van der Waals surface area contributed by atoms with Gasteiger partial charge in [0.1, 0.15) is 24.2 Å². The molecule has 0 aromatic heterocycles. The van der Waals surface area contributed by atoms with E-state index in [1.165, 1.54) is 48.4 Å². The van der Waals surface area contributed by atoms with Gasteiger partial charge in [-0.1, -0.05) is 73.5 Å². The number of hydrogen-bond acceptors (Lipinski definition) is 5. The van der Waals surface area contributed by atoms with Crippen molar-refractivity contribution in [3.05, 3.63) is 126 Å². The summed E-state index contributed by atoms with van der Waals surface area (Å²) >= 11 is 0. The molecule has 0 saturated carbocycles. The van der Waals surface area contributed by atoms with Gasteiger partial charge in [-0.15, -0.1) is 0 Å². The van der Waals surface area contributed by atoms with Crippen molar-refractivity contribution in [2.75, 3.05) is 24.5 Å². The maximum atomic E-state index is 14.5. The van der Waals surface area contributed by atoms with Crippen LogP contribution >= 0.6 is 0 Å². The number of amides is 2. The molecule has 0 aliphatic heterocycles. The predicted molar refractivity (Wildman–Crippen MR) is 178 cm³/mol. The molecule has 0 heterocycles. The fraction of sp³-hybridized carbons (Fsp3) is 0.278. The number of benzene rings is 4. The number of carbonyl (C=O) groups excluding carboxylic acids is 2. The first-order chi connectivity index (χ1) is 22.1. The van der Waals surface area contributed by atoms with E-state index in [2.05, 4.69) is 5.32 Å². The summed E-state index contributed by atoms with van der Waals surface area (Å²) in [5.41, 5.74) is 2.72. The average Bonchev–Trinajstić information content (AvgIpc) is 3.06. The first kappa shape index (κ1) is 34.2. The van der Waals surface area contributed by atoms with Gasteiger partial charge in [0, 0.05) is 19.5 Å². The molecule has 0 unspecified atom stereocenters. The van der Waals surface area contributed by atoms with Gasteiger partial charge in [0.15, 0.2) is 0 Å². The van der Waals surface area contributed by atoms with Crippen molar-refractivity contribution in [3.63, 3.8) is 0 Å². The van der Waals surface area contributed by atoms with E-state index in [9.17, 15) is 22.4 Å². The highest BCUT2D eigenvalue weighted by atomic mass is 32.2. The second kappa shape index (κ2) is 16.0. The smallest absolute Gasteiger partial charge is 0.264 e. The number of unbranched alkanes of at least 4 members (excludes halogenated alkanes) is 1. The quantitative estimate of drug-likeness (QED) is 0.163. The van der Waals surface area contributed by atoms with Crippen molar-refractivity contribution in [2.24, 2.45) is 0 Å². The van der Waals surface area contributed by atoms with Crippen molar-refractivity contribution in [1.82, 2.24) is 10.2 Å². The molecule has 0 fully saturated rings. The number of aryl methyl sites for hydroxylation is 1. The molecule has 4 rings (SSSR count). The highest BCUT2D eigenvalue weighted by molar-refractivity contribution is 7.92. The molecule has 2 amide bonds. The standard InChI is InChI=1S/C36H40FN3O5S/c1-4-5-22-38-36(42)34(24-28-11-7-6-8-12-28)39(25-29-13-9-10-27(2)23-29)35(41)26-40(31-16-14-30(37)15-17-31)46(43,44)33-20-18-32(45-3)19-21-33/h6-21,23,34H,4-5,22,24-26H2,1-3H3,(H,38,42)/t34-/m1/s1. The van der Waals surface area contributed by atoms with Gasteiger partial charge in [-0.05, 0) is 73.0 Å². The number of nitrogens with one attached hydrogen (secondary N) is 1. The number of ether oxygens (including phenoxy) is 1. The lowest BCUT2D eigenvalue weighted by atomic mass is 10.0. The zero-order valence-corrected chi connectivity index (χ0v) is 27.2. The molecule has 0 spiro atoms. The predicted octanol–water partition coefficient (Wildman–Crippen LogP) is 5.89. The first-order valence-corrected chi connectivity index (χ1v) is 16.7. The monoisotopic (exact) mass is 645 g/mol. The molecule has 0 radical (unpaired) electrons. The molecular formula is C36H40FN3O5S. The molecule has 4 aromatic rings. The number of methoxy groups -OCH3 is 1. The summed E-state index contributed by atoms with van der Waals surface area (Å²) in [4.78, 5) is 29.7. The molecule has 0 bridgehead atoms. The Labute approximate surface area is 270 Å². The van der Waals surface area contributed by atoms with Gasteiger partial charge in [0.2, 0.25) is 11.8 Å². The first-order valence-electron chi connectivity index (χ1n) is 15.2. The fourth-order valence-corrected chi connectivity index (χ4v) is 6.49. The molecule has 1 atom stereocenters. The molecule has 1 N–H and O–H groups in total. The number of carbonyl (C=O) groups is 2. The second-order valence-electron chi connectivity index (χ2n) is 11.0. The lowest BCUT2D eigenvalue weighted by Crippen LogP contribution is -2.53. The van der Waals surface area contributed by atoms with Gasteiger partial charge in [-0.2, -0.15) is 0 Å². The minimum absolute atomic E-state index is 0.0685. The third-order valence-electron chi connectivity index (χ3n) is 7.58. The summed E-state index contributed by atoms with van der Waals surface area (Å²) < 4.78 is 48.3. The summed E-state index contributed by atoms with van der Waals surface area (Å²) in [6, 6.07) is 26.8. The van der Waals surface area contributed by atoms with Crippen molar-refractivity contribution in [3.8, 4) is 5.75 Å². The Bertz CT molecular complexity index is 1700. The van der Waals surface area contributed by atoms with E-state index in [4.69, 9.17) is 4.74 Å². The third-order valence-corrected chi connectivity index (χ3v) is 9.37. The summed E-state index contributed by atoms with van der Waals surface area (Å²) in [6.07, 6.45) is 1.87. The third kappa shape index (κ3) is 8.94. The SMILES string of the molecule is CCCCNC(=O)[C@@H](Cc1ccccc1)N(Cc1cccc(C)c1)C(=O)CN(c1ccc(F)cc1)S(=O)(=O)c1ccc(OC)cc1. The molecule has 0 aliphatic rings. The van der Waals surface area contributed by atoms with Gasteiger partial charge >= 0.3 is 0 Å². The van der Waals surface area contributed by atoms with Gasteiger partial charge in [-0.25, -0.2) is 12.8 Å². The number of sulfonamides is 1. The van der Waals surface area contributed by atoms with E-state index in [1.54, 1.807) is 0 Å². The molecule has 0 aliphatic carbocycles. The molecule has 0 saturated heterocycles. The van der Waals surface area contributed by atoms with E-state index < -0.39 is 34.3 Å². The van der Waals surface area contributed by atoms with Crippen LogP contribution in [0.5, 0.6) is 5.75 Å². The maximum absolute atomic E-state index is 14.5. The van der Waals surface area contributed by atoms with Crippen LogP contribution in [-0.4, -0.2) is 51.4 Å². The van der Waals surface area contributed by atoms with Crippen LogP contribution in [0.15, 0.2) is 108 Å². The topological polar surface area (TPSA) is 96.0 Å². The lowest BCUT2D eigenvalue weighted by Gasteiger charge is -2.34. The highest BCUT2D eigenvalue weighted by Crippen LogP contribution is 2.26. The summed E-state index contributed by atoms with van der Waals surface area (Å²) in [5, 5.41) is 2.98. The number of rotatable bonds is 15. The minimum atomic E-state index is -4.32. The van der Waals surface area contributed by atoms with Crippen LogP contribution in [0.4, 0.5) is 10.1 Å². The van der Waals surface area contributed by atoms with Crippen molar-refractivity contribution in [1.29, 1.82) is 0 Å². The van der Waals surface area contributed by atoms with E-state index in [1.807, 2.05) is 68.4 Å². The van der Waals surface area contributed by atoms with Crippen molar-refractivity contribution < 1.29 is 27.1 Å². The molecule has 8 nitrogen and oxygen atoms in total. The van der Waals surface area contributed by atoms with Gasteiger partial charge in [0.05, 0.1) is 17.7 Å². The summed E-state index contributed by atoms with van der Waals surface area (Å²) in [7, 11) is -2.84. The summed E-state index contributed by atoms with van der Waals surface area (Å²) in [6.45, 7) is 3.85. The van der Waals surface area contributed by atoms with Crippen LogP contribution in [0.1, 0.15) is 36.5 Å². The van der Waals surface area contributed by atoms with Crippen LogP contribution in [0, 0.1) is 12.7 Å². The van der Waals surface area contributed by atoms with E-state index >= 15 is 0 Å². The molecule has 242 valence electrons. The highest BCUT2D eigenvalue weighted by Gasteiger charge is 2.34. The van der Waals surface area contributed by atoms with Crippen LogP contribution in [0.3, 0.4) is 0 Å². The molecule has 10 heteroatoms. The normalized spacial score (nSPS) is 11.8. The molecule has 46 heavy (non-hydrogen) atoms. The van der Waals surface area contributed by atoms with E-state index in [0.717, 1.165) is 46.0 Å². The average molecular weight is 646 g/mol. The Hall–Kier alpha value is -4.70.